The van der Waals surface area contributed by atoms with Crippen LogP contribution in [0, 0.1) is 0 Å². The van der Waals surface area contributed by atoms with Crippen molar-refractivity contribution in [2.45, 2.75) is 31.8 Å². The van der Waals surface area contributed by atoms with Crippen molar-refractivity contribution in [3.8, 4) is 17.2 Å². The number of hydrogen-bond donors (Lipinski definition) is 0. The number of ether oxygens (including phenoxy) is 3. The maximum atomic E-state index is 11.2. The molecule has 0 N–H and O–H groups in total. The fraction of sp³-hybridized carbons (Fsp3) is 0.409. The highest BCUT2D eigenvalue weighted by Crippen LogP contribution is 2.33. The molecule has 0 aromatic heterocycles. The first-order valence-corrected chi connectivity index (χ1v) is 9.56. The van der Waals surface area contributed by atoms with Gasteiger partial charge in [-0.3, -0.25) is 9.69 Å². The van der Waals surface area contributed by atoms with Gasteiger partial charge >= 0.3 is 5.97 Å². The highest BCUT2D eigenvalue weighted by Gasteiger charge is 2.27. The molecule has 2 aliphatic rings. The normalized spacial score (nSPS) is 22.3. The standard InChI is InChI=1S/C22H25NO4/c1-16(24)26-19-8-4-6-17(12-19)18-7-5-11-23(13-18)14-20-15-25-21-9-2-3-10-22(21)27-20/h2-4,6,8-10,12,18,20H,5,7,11,13-15H2,1H3/t18-,20?/m1/s1. The molecule has 5 heteroatoms. The number of piperidine rings is 1. The van der Waals surface area contributed by atoms with E-state index in [2.05, 4.69) is 11.0 Å². The topological polar surface area (TPSA) is 48.0 Å². The lowest BCUT2D eigenvalue weighted by atomic mass is 9.90. The number of fused-ring (bicyclic) bond motifs is 1. The van der Waals surface area contributed by atoms with Crippen LogP contribution in [0.4, 0.5) is 0 Å². The first kappa shape index (κ1) is 17.9. The Bertz CT molecular complexity index is 806. The smallest absolute Gasteiger partial charge is 0.308 e. The average molecular weight is 367 g/mol. The van der Waals surface area contributed by atoms with Crippen LogP contribution in [0.15, 0.2) is 48.5 Å². The third-order valence-electron chi connectivity index (χ3n) is 5.13. The van der Waals surface area contributed by atoms with Crippen molar-refractivity contribution >= 4 is 5.97 Å². The number of nitrogens with zero attached hydrogens (tertiary/aromatic N) is 1. The molecular formula is C22H25NO4. The number of hydrogen-bond acceptors (Lipinski definition) is 5. The predicted octanol–water partition coefficient (Wildman–Crippen LogP) is 3.63. The lowest BCUT2D eigenvalue weighted by Crippen LogP contribution is -2.44. The number of rotatable bonds is 4. The summed E-state index contributed by atoms with van der Waals surface area (Å²) in [5.74, 6) is 2.43. The van der Waals surface area contributed by atoms with E-state index in [1.807, 2.05) is 42.5 Å². The Hall–Kier alpha value is -2.53. The van der Waals surface area contributed by atoms with Gasteiger partial charge in [0.25, 0.3) is 0 Å². The van der Waals surface area contributed by atoms with Gasteiger partial charge in [-0.05, 0) is 55.1 Å². The number of carbonyl (C=O) groups is 1. The van der Waals surface area contributed by atoms with Crippen molar-refractivity contribution in [1.29, 1.82) is 0 Å². The minimum absolute atomic E-state index is 0.0473. The molecule has 0 aliphatic carbocycles. The van der Waals surface area contributed by atoms with E-state index in [-0.39, 0.29) is 12.1 Å². The quantitative estimate of drug-likeness (QED) is 0.610. The van der Waals surface area contributed by atoms with Crippen LogP contribution in [0.3, 0.4) is 0 Å². The first-order valence-electron chi connectivity index (χ1n) is 9.56. The summed E-state index contributed by atoms with van der Waals surface area (Å²) in [7, 11) is 0. The van der Waals surface area contributed by atoms with Crippen LogP contribution < -0.4 is 14.2 Å². The molecule has 2 atom stereocenters. The molecule has 2 aliphatic heterocycles. The van der Waals surface area contributed by atoms with Crippen molar-refractivity contribution in [2.24, 2.45) is 0 Å². The summed E-state index contributed by atoms with van der Waals surface area (Å²) >= 11 is 0. The van der Waals surface area contributed by atoms with E-state index in [0.29, 0.717) is 18.3 Å². The summed E-state index contributed by atoms with van der Waals surface area (Å²) in [5.41, 5.74) is 1.23. The van der Waals surface area contributed by atoms with Crippen molar-refractivity contribution in [3.05, 3.63) is 54.1 Å². The zero-order valence-electron chi connectivity index (χ0n) is 15.6. The molecule has 2 aromatic carbocycles. The second-order valence-corrected chi connectivity index (χ2v) is 7.26. The molecule has 1 unspecified atom stereocenters. The van der Waals surface area contributed by atoms with Gasteiger partial charge in [0, 0.05) is 20.0 Å². The summed E-state index contributed by atoms with van der Waals surface area (Å²) in [6.07, 6.45) is 2.34. The van der Waals surface area contributed by atoms with Crippen molar-refractivity contribution in [3.63, 3.8) is 0 Å². The van der Waals surface area contributed by atoms with Crippen LogP contribution in [0.25, 0.3) is 0 Å². The average Bonchev–Trinajstić information content (AvgIpc) is 2.68. The van der Waals surface area contributed by atoms with E-state index in [1.54, 1.807) is 0 Å². The first-order chi connectivity index (χ1) is 13.2. The number of benzene rings is 2. The van der Waals surface area contributed by atoms with Crippen molar-refractivity contribution in [1.82, 2.24) is 4.90 Å². The van der Waals surface area contributed by atoms with Gasteiger partial charge in [0.2, 0.25) is 0 Å². The molecule has 27 heavy (non-hydrogen) atoms. The number of esters is 1. The SMILES string of the molecule is CC(=O)Oc1cccc([C@@H]2CCCN(CC3COc4ccccc4O3)C2)c1. The monoisotopic (exact) mass is 367 g/mol. The third-order valence-corrected chi connectivity index (χ3v) is 5.13. The minimum atomic E-state index is -0.285. The van der Waals surface area contributed by atoms with Crippen LogP contribution in [-0.2, 0) is 4.79 Å². The summed E-state index contributed by atoms with van der Waals surface area (Å²) in [5, 5.41) is 0. The van der Waals surface area contributed by atoms with Gasteiger partial charge in [-0.25, -0.2) is 0 Å². The van der Waals surface area contributed by atoms with Crippen LogP contribution >= 0.6 is 0 Å². The lowest BCUT2D eigenvalue weighted by molar-refractivity contribution is -0.131. The summed E-state index contributed by atoms with van der Waals surface area (Å²) in [6.45, 7) is 4.92. The maximum absolute atomic E-state index is 11.2. The molecule has 1 saturated heterocycles. The van der Waals surface area contributed by atoms with E-state index < -0.39 is 0 Å². The molecule has 0 spiro atoms. The molecule has 0 saturated carbocycles. The van der Waals surface area contributed by atoms with Gasteiger partial charge < -0.3 is 14.2 Å². The lowest BCUT2D eigenvalue weighted by Gasteiger charge is -2.36. The Morgan fingerprint density at radius 2 is 2.04 bits per heavy atom. The van der Waals surface area contributed by atoms with Crippen LogP contribution in [0.1, 0.15) is 31.2 Å². The Kier molecular flexibility index (Phi) is 5.30. The van der Waals surface area contributed by atoms with Crippen LogP contribution in [0.5, 0.6) is 17.2 Å². The van der Waals surface area contributed by atoms with Gasteiger partial charge in [0.15, 0.2) is 11.5 Å². The van der Waals surface area contributed by atoms with Gasteiger partial charge in [-0.1, -0.05) is 24.3 Å². The summed E-state index contributed by atoms with van der Waals surface area (Å²) < 4.78 is 17.2. The molecule has 5 nitrogen and oxygen atoms in total. The number of para-hydroxylation sites is 2. The van der Waals surface area contributed by atoms with Crippen LogP contribution in [-0.4, -0.2) is 43.2 Å². The molecule has 0 amide bonds. The number of likely N-dealkylation sites (tertiary alicyclic amines) is 1. The maximum Gasteiger partial charge on any atom is 0.308 e. The van der Waals surface area contributed by atoms with Crippen molar-refractivity contribution in [2.75, 3.05) is 26.2 Å². The fourth-order valence-corrected chi connectivity index (χ4v) is 3.93. The molecule has 4 rings (SSSR count). The fourth-order valence-electron chi connectivity index (χ4n) is 3.93. The molecular weight excluding hydrogens is 342 g/mol. The Morgan fingerprint density at radius 1 is 1.19 bits per heavy atom. The third kappa shape index (κ3) is 4.42. The van der Waals surface area contributed by atoms with Gasteiger partial charge in [-0.15, -0.1) is 0 Å². The Morgan fingerprint density at radius 3 is 2.89 bits per heavy atom. The van der Waals surface area contributed by atoms with E-state index in [4.69, 9.17) is 14.2 Å². The van der Waals surface area contributed by atoms with Gasteiger partial charge in [-0.2, -0.15) is 0 Å². The largest absolute Gasteiger partial charge is 0.486 e. The molecule has 1 fully saturated rings. The van der Waals surface area contributed by atoms with Gasteiger partial charge in [0.1, 0.15) is 18.5 Å². The molecule has 142 valence electrons. The zero-order chi connectivity index (χ0) is 18.6. The second-order valence-electron chi connectivity index (χ2n) is 7.26. The number of carbonyl (C=O) groups excluding carboxylic acids is 1. The minimum Gasteiger partial charge on any atom is -0.486 e. The van der Waals surface area contributed by atoms with E-state index >= 15 is 0 Å². The summed E-state index contributed by atoms with van der Waals surface area (Å²) in [6, 6.07) is 15.7. The zero-order valence-corrected chi connectivity index (χ0v) is 15.6. The van der Waals surface area contributed by atoms with Crippen molar-refractivity contribution < 1.29 is 19.0 Å². The molecule has 2 aromatic rings. The van der Waals surface area contributed by atoms with E-state index in [1.165, 1.54) is 12.5 Å². The summed E-state index contributed by atoms with van der Waals surface area (Å²) in [4.78, 5) is 13.7. The molecule has 0 radical (unpaired) electrons. The van der Waals surface area contributed by atoms with Crippen LogP contribution in [0.2, 0.25) is 0 Å². The second kappa shape index (κ2) is 8.01. The molecule has 2 heterocycles. The van der Waals surface area contributed by atoms with E-state index in [9.17, 15) is 4.79 Å². The molecule has 0 bridgehead atoms. The predicted molar refractivity (Wildman–Crippen MR) is 103 cm³/mol. The Labute approximate surface area is 159 Å². The Balaban J connectivity index is 1.38. The highest BCUT2D eigenvalue weighted by molar-refractivity contribution is 5.69. The highest BCUT2D eigenvalue weighted by atomic mass is 16.6. The van der Waals surface area contributed by atoms with E-state index in [0.717, 1.165) is 44.0 Å². The van der Waals surface area contributed by atoms with Gasteiger partial charge in [0.05, 0.1) is 0 Å².